The molecule has 0 spiro atoms. The number of carbonyl (C=O) groups is 1. The molecule has 9 nitrogen and oxygen atoms in total. The molecule has 2 aromatic heterocycles. The van der Waals surface area contributed by atoms with Crippen molar-refractivity contribution in [1.82, 2.24) is 14.3 Å². The highest BCUT2D eigenvalue weighted by molar-refractivity contribution is 7.88. The van der Waals surface area contributed by atoms with Crippen LogP contribution in [-0.4, -0.2) is 59.2 Å². The van der Waals surface area contributed by atoms with Crippen molar-refractivity contribution in [3.8, 4) is 5.75 Å². The summed E-state index contributed by atoms with van der Waals surface area (Å²) in [6.07, 6.45) is 2.51. The van der Waals surface area contributed by atoms with Crippen LogP contribution in [0.25, 0.3) is 10.2 Å². The van der Waals surface area contributed by atoms with Crippen LogP contribution in [0.4, 0.5) is 15.9 Å². The van der Waals surface area contributed by atoms with Gasteiger partial charge in [0.25, 0.3) is 0 Å². The van der Waals surface area contributed by atoms with Gasteiger partial charge in [0, 0.05) is 12.6 Å². The Bertz CT molecular complexity index is 1280. The van der Waals surface area contributed by atoms with Crippen LogP contribution in [0.5, 0.6) is 5.75 Å². The van der Waals surface area contributed by atoms with Gasteiger partial charge in [0.15, 0.2) is 0 Å². The van der Waals surface area contributed by atoms with Gasteiger partial charge in [-0.05, 0) is 31.0 Å². The van der Waals surface area contributed by atoms with E-state index in [-0.39, 0.29) is 17.2 Å². The molecule has 0 amide bonds. The molecule has 1 atom stereocenters. The molecule has 0 radical (unpaired) electrons. The van der Waals surface area contributed by atoms with Crippen molar-refractivity contribution in [3.63, 3.8) is 0 Å². The average molecular weight is 467 g/mol. The fourth-order valence-corrected chi connectivity index (χ4v) is 5.33. The predicted molar refractivity (Wildman–Crippen MR) is 114 cm³/mol. The van der Waals surface area contributed by atoms with Gasteiger partial charge in [0.2, 0.25) is 10.0 Å². The number of aryl methyl sites for hydroxylation is 1. The van der Waals surface area contributed by atoms with E-state index in [1.165, 1.54) is 28.8 Å². The number of aromatic carboxylic acids is 1. The van der Waals surface area contributed by atoms with Crippen molar-refractivity contribution in [2.45, 2.75) is 19.4 Å². The van der Waals surface area contributed by atoms with Crippen molar-refractivity contribution >= 4 is 49.1 Å². The van der Waals surface area contributed by atoms with Crippen LogP contribution >= 0.6 is 11.3 Å². The van der Waals surface area contributed by atoms with Gasteiger partial charge in [0.1, 0.15) is 39.5 Å². The van der Waals surface area contributed by atoms with Crippen LogP contribution in [-0.2, 0) is 10.0 Å². The second-order valence-electron chi connectivity index (χ2n) is 7.18. The summed E-state index contributed by atoms with van der Waals surface area (Å²) in [5, 5.41) is 13.0. The summed E-state index contributed by atoms with van der Waals surface area (Å²) in [5.74, 6) is -0.981. The number of ether oxygens (including phenoxy) is 1. The minimum atomic E-state index is -3.33. The highest BCUT2D eigenvalue weighted by Gasteiger charge is 2.30. The highest BCUT2D eigenvalue weighted by atomic mass is 32.2. The normalized spacial score (nSPS) is 17.2. The molecule has 12 heteroatoms. The molecule has 1 aliphatic heterocycles. The van der Waals surface area contributed by atoms with Crippen molar-refractivity contribution < 1.29 is 27.4 Å². The number of benzene rings is 1. The fraction of sp³-hybridized carbons (Fsp3) is 0.316. The number of rotatable bonds is 6. The molecule has 3 heterocycles. The zero-order chi connectivity index (χ0) is 22.3. The van der Waals surface area contributed by atoms with Gasteiger partial charge in [0.05, 0.1) is 23.9 Å². The molecule has 31 heavy (non-hydrogen) atoms. The Labute approximate surface area is 181 Å². The van der Waals surface area contributed by atoms with Crippen LogP contribution in [0, 0.1) is 12.7 Å². The number of thiophene rings is 1. The largest absolute Gasteiger partial charge is 0.487 e. The van der Waals surface area contributed by atoms with E-state index in [0.29, 0.717) is 40.3 Å². The second-order valence-corrected chi connectivity index (χ2v) is 10.2. The van der Waals surface area contributed by atoms with Crippen LogP contribution in [0.3, 0.4) is 0 Å². The Morgan fingerprint density at radius 2 is 2.16 bits per heavy atom. The number of hydrogen-bond acceptors (Lipinski definition) is 8. The Hall–Kier alpha value is -2.83. The standard InChI is InChI=1S/C19H19FN4O5S2/c1-10-15-17(21-9-22-18(15)30-16(10)19(25)26)23-13-4-3-11(20)7-14(13)29-12-5-6-24(8-12)31(2,27)28/h3-4,7,9,12H,5-6,8H2,1-2H3,(H,25,26)(H,21,22,23)/t12-/m1/s1. The third-order valence-corrected chi connectivity index (χ3v) is 7.45. The summed E-state index contributed by atoms with van der Waals surface area (Å²) < 4.78 is 44.7. The van der Waals surface area contributed by atoms with E-state index in [1.54, 1.807) is 6.92 Å². The zero-order valence-corrected chi connectivity index (χ0v) is 18.3. The fourth-order valence-electron chi connectivity index (χ4n) is 3.47. The molecule has 1 aliphatic rings. The molecule has 1 saturated heterocycles. The number of halogens is 1. The summed E-state index contributed by atoms with van der Waals surface area (Å²) in [6, 6.07) is 3.96. The number of sulfonamides is 1. The SMILES string of the molecule is Cc1c(C(=O)O)sc2ncnc(Nc3ccc(F)cc3O[C@@H]3CCN(S(C)(=O)=O)C3)c12. The number of nitrogens with one attached hydrogen (secondary N) is 1. The first-order chi connectivity index (χ1) is 14.6. The number of anilines is 2. The predicted octanol–water partition coefficient (Wildman–Crippen LogP) is 2.99. The maximum Gasteiger partial charge on any atom is 0.346 e. The van der Waals surface area contributed by atoms with Gasteiger partial charge < -0.3 is 15.2 Å². The molecule has 4 rings (SSSR count). The molecule has 0 unspecified atom stereocenters. The Morgan fingerprint density at radius 1 is 1.39 bits per heavy atom. The third-order valence-electron chi connectivity index (χ3n) is 4.99. The molecular formula is C19H19FN4O5S2. The number of fused-ring (bicyclic) bond motifs is 1. The molecule has 164 valence electrons. The first-order valence-electron chi connectivity index (χ1n) is 9.29. The first-order valence-corrected chi connectivity index (χ1v) is 12.0. The van der Waals surface area contributed by atoms with E-state index < -0.39 is 27.9 Å². The van der Waals surface area contributed by atoms with E-state index in [1.807, 2.05) is 0 Å². The van der Waals surface area contributed by atoms with E-state index in [9.17, 15) is 22.7 Å². The lowest BCUT2D eigenvalue weighted by molar-refractivity contribution is 0.0701. The van der Waals surface area contributed by atoms with Gasteiger partial charge in [-0.3, -0.25) is 0 Å². The topological polar surface area (TPSA) is 122 Å². The lowest BCUT2D eigenvalue weighted by Crippen LogP contribution is -2.30. The number of nitrogens with zero attached hydrogens (tertiary/aromatic N) is 3. The van der Waals surface area contributed by atoms with Crippen molar-refractivity contribution in [1.29, 1.82) is 0 Å². The molecule has 2 N–H and O–H groups in total. The number of hydrogen-bond donors (Lipinski definition) is 2. The van der Waals surface area contributed by atoms with Gasteiger partial charge in [-0.25, -0.2) is 27.6 Å². The lowest BCUT2D eigenvalue weighted by atomic mass is 10.2. The highest BCUT2D eigenvalue weighted by Crippen LogP contribution is 2.37. The maximum absolute atomic E-state index is 13.9. The van der Waals surface area contributed by atoms with Crippen LogP contribution < -0.4 is 10.1 Å². The maximum atomic E-state index is 13.9. The smallest absolute Gasteiger partial charge is 0.346 e. The number of carboxylic acids is 1. The minimum Gasteiger partial charge on any atom is -0.487 e. The Balaban J connectivity index is 1.65. The monoisotopic (exact) mass is 466 g/mol. The van der Waals surface area contributed by atoms with Gasteiger partial charge in [-0.15, -0.1) is 11.3 Å². The quantitative estimate of drug-likeness (QED) is 0.569. The minimum absolute atomic E-state index is 0.168. The van der Waals surface area contributed by atoms with Gasteiger partial charge >= 0.3 is 5.97 Å². The molecule has 1 aromatic carbocycles. The molecular weight excluding hydrogens is 447 g/mol. The van der Waals surface area contributed by atoms with Crippen LogP contribution in [0.2, 0.25) is 0 Å². The molecule has 0 bridgehead atoms. The summed E-state index contributed by atoms with van der Waals surface area (Å²) >= 11 is 1.05. The number of aromatic nitrogens is 2. The Kier molecular flexibility index (Phi) is 5.54. The molecule has 3 aromatic rings. The summed E-state index contributed by atoms with van der Waals surface area (Å²) in [7, 11) is -3.33. The third kappa shape index (κ3) is 4.31. The van der Waals surface area contributed by atoms with Crippen LogP contribution in [0.1, 0.15) is 21.7 Å². The molecule has 0 aliphatic carbocycles. The Morgan fingerprint density at radius 3 is 2.84 bits per heavy atom. The van der Waals surface area contributed by atoms with Crippen LogP contribution in [0.15, 0.2) is 24.5 Å². The summed E-state index contributed by atoms with van der Waals surface area (Å²) in [5.41, 5.74) is 0.946. The van der Waals surface area contributed by atoms with E-state index >= 15 is 0 Å². The van der Waals surface area contributed by atoms with E-state index in [4.69, 9.17) is 4.74 Å². The second kappa shape index (κ2) is 8.02. The zero-order valence-electron chi connectivity index (χ0n) is 16.6. The van der Waals surface area contributed by atoms with E-state index in [0.717, 1.165) is 17.6 Å². The van der Waals surface area contributed by atoms with Gasteiger partial charge in [-0.2, -0.15) is 4.31 Å². The van der Waals surface area contributed by atoms with Crippen molar-refractivity contribution in [2.75, 3.05) is 24.7 Å². The van der Waals surface area contributed by atoms with Gasteiger partial charge in [-0.1, -0.05) is 0 Å². The average Bonchev–Trinajstić information content (AvgIpc) is 3.29. The number of carboxylic acid groups (broad SMARTS) is 1. The molecule has 1 fully saturated rings. The van der Waals surface area contributed by atoms with E-state index in [2.05, 4.69) is 15.3 Å². The van der Waals surface area contributed by atoms with Crippen molar-refractivity contribution in [3.05, 3.63) is 40.8 Å². The summed E-state index contributed by atoms with van der Waals surface area (Å²) in [4.78, 5) is 20.5. The first kappa shape index (κ1) is 21.4. The summed E-state index contributed by atoms with van der Waals surface area (Å²) in [6.45, 7) is 2.19. The lowest BCUT2D eigenvalue weighted by Gasteiger charge is -2.18. The molecule has 0 saturated carbocycles. The van der Waals surface area contributed by atoms with Crippen molar-refractivity contribution in [2.24, 2.45) is 0 Å².